The highest BCUT2D eigenvalue weighted by Gasteiger charge is 2.46. The van der Waals surface area contributed by atoms with E-state index in [9.17, 15) is 0 Å². The van der Waals surface area contributed by atoms with Gasteiger partial charge in [-0.1, -0.05) is 104 Å². The molecule has 1 aliphatic heterocycles. The molecule has 0 saturated heterocycles. The van der Waals surface area contributed by atoms with Gasteiger partial charge in [-0.15, -0.1) is 0 Å². The Morgan fingerprint density at radius 1 is 0.839 bits per heavy atom. The van der Waals surface area contributed by atoms with E-state index in [0.717, 1.165) is 18.5 Å². The molecule has 3 aromatic carbocycles. The number of para-hydroxylation sites is 1. The number of ether oxygens (including phenoxy) is 1. The Labute approximate surface area is 186 Å². The fourth-order valence-corrected chi connectivity index (χ4v) is 5.31. The second-order valence-corrected chi connectivity index (χ2v) is 9.49. The molecule has 1 aliphatic carbocycles. The zero-order valence-corrected chi connectivity index (χ0v) is 18.6. The van der Waals surface area contributed by atoms with Gasteiger partial charge in [0.1, 0.15) is 11.8 Å². The highest BCUT2D eigenvalue weighted by molar-refractivity contribution is 5.63. The zero-order chi connectivity index (χ0) is 21.5. The fourth-order valence-electron chi connectivity index (χ4n) is 5.31. The summed E-state index contributed by atoms with van der Waals surface area (Å²) >= 11 is 0. The van der Waals surface area contributed by atoms with Gasteiger partial charge in [-0.25, -0.2) is 0 Å². The molecule has 3 aromatic rings. The van der Waals surface area contributed by atoms with Crippen LogP contribution in [-0.4, -0.2) is 6.23 Å². The third-order valence-electron chi connectivity index (χ3n) is 7.55. The van der Waals surface area contributed by atoms with Crippen LogP contribution < -0.4 is 5.32 Å². The largest absolute Gasteiger partial charge is 0.360 e. The molecule has 31 heavy (non-hydrogen) atoms. The number of nitrogens with one attached hydrogen (secondary N) is 1. The SMILES string of the molecule is CC1=CC[C@H](C[C@@H]2Nc3ccccc3C(c3ccccc3)(c3ccccc3)O2)C1(C)C. The summed E-state index contributed by atoms with van der Waals surface area (Å²) in [6, 6.07) is 29.9. The molecule has 2 nitrogen and oxygen atoms in total. The third-order valence-corrected chi connectivity index (χ3v) is 7.55. The quantitative estimate of drug-likeness (QED) is 0.463. The summed E-state index contributed by atoms with van der Waals surface area (Å²) in [5.74, 6) is 0.555. The number of rotatable bonds is 4. The zero-order valence-electron chi connectivity index (χ0n) is 18.6. The predicted molar refractivity (Wildman–Crippen MR) is 128 cm³/mol. The van der Waals surface area contributed by atoms with E-state index in [2.05, 4.69) is 117 Å². The molecule has 1 heterocycles. The first-order valence-corrected chi connectivity index (χ1v) is 11.3. The van der Waals surface area contributed by atoms with Crippen LogP contribution in [0.1, 0.15) is 50.3 Å². The van der Waals surface area contributed by atoms with Crippen molar-refractivity contribution in [2.75, 3.05) is 5.32 Å². The van der Waals surface area contributed by atoms with E-state index in [1.807, 2.05) is 0 Å². The molecule has 0 bridgehead atoms. The van der Waals surface area contributed by atoms with Crippen LogP contribution in [0.2, 0.25) is 0 Å². The first kappa shape index (κ1) is 20.1. The van der Waals surface area contributed by atoms with Crippen molar-refractivity contribution in [1.29, 1.82) is 0 Å². The van der Waals surface area contributed by atoms with E-state index in [1.54, 1.807) is 0 Å². The third kappa shape index (κ3) is 3.30. The van der Waals surface area contributed by atoms with Crippen molar-refractivity contribution in [3.05, 3.63) is 113 Å². The summed E-state index contributed by atoms with van der Waals surface area (Å²) in [6.07, 6.45) is 4.42. The minimum absolute atomic E-state index is 0.0705. The molecule has 2 aliphatic rings. The average Bonchev–Trinajstić information content (AvgIpc) is 3.06. The van der Waals surface area contributed by atoms with Gasteiger partial charge in [0.25, 0.3) is 0 Å². The molecule has 0 unspecified atom stereocenters. The number of anilines is 1. The summed E-state index contributed by atoms with van der Waals surface area (Å²) in [4.78, 5) is 0. The highest BCUT2D eigenvalue weighted by atomic mass is 16.5. The molecule has 0 saturated carbocycles. The molecule has 1 N–H and O–H groups in total. The lowest BCUT2D eigenvalue weighted by Crippen LogP contribution is -2.45. The molecule has 5 rings (SSSR count). The van der Waals surface area contributed by atoms with Crippen LogP contribution in [0, 0.1) is 11.3 Å². The summed E-state index contributed by atoms with van der Waals surface area (Å²) in [6.45, 7) is 7.01. The molecule has 0 aromatic heterocycles. The van der Waals surface area contributed by atoms with Gasteiger partial charge in [0.05, 0.1) is 0 Å². The lowest BCUT2D eigenvalue weighted by atomic mass is 9.75. The Bertz CT molecular complexity index is 1040. The van der Waals surface area contributed by atoms with Crippen LogP contribution in [0.3, 0.4) is 0 Å². The molecular weight excluding hydrogens is 378 g/mol. The van der Waals surface area contributed by atoms with Gasteiger partial charge in [0.15, 0.2) is 0 Å². The lowest BCUT2D eigenvalue weighted by molar-refractivity contribution is -0.0553. The van der Waals surface area contributed by atoms with E-state index < -0.39 is 5.60 Å². The fraction of sp³-hybridized carbons (Fsp3) is 0.310. The van der Waals surface area contributed by atoms with Gasteiger partial charge in [0, 0.05) is 11.3 Å². The summed E-state index contributed by atoms with van der Waals surface area (Å²) in [7, 11) is 0. The molecular formula is C29H31NO. The smallest absolute Gasteiger partial charge is 0.148 e. The number of hydrogen-bond donors (Lipinski definition) is 1. The van der Waals surface area contributed by atoms with Crippen molar-refractivity contribution in [2.24, 2.45) is 11.3 Å². The number of hydrogen-bond acceptors (Lipinski definition) is 2. The maximum absolute atomic E-state index is 7.13. The Hall–Kier alpha value is -2.84. The Kier molecular flexibility index (Phi) is 4.98. The van der Waals surface area contributed by atoms with E-state index in [1.165, 1.54) is 22.3 Å². The van der Waals surface area contributed by atoms with E-state index in [-0.39, 0.29) is 11.6 Å². The summed E-state index contributed by atoms with van der Waals surface area (Å²) in [5.41, 5.74) is 5.71. The van der Waals surface area contributed by atoms with Crippen LogP contribution in [0.5, 0.6) is 0 Å². The van der Waals surface area contributed by atoms with E-state index in [0.29, 0.717) is 5.92 Å². The van der Waals surface area contributed by atoms with Gasteiger partial charge < -0.3 is 10.1 Å². The van der Waals surface area contributed by atoms with E-state index >= 15 is 0 Å². The van der Waals surface area contributed by atoms with Gasteiger partial charge in [-0.2, -0.15) is 0 Å². The summed E-state index contributed by atoms with van der Waals surface area (Å²) < 4.78 is 7.13. The van der Waals surface area contributed by atoms with Crippen LogP contribution in [-0.2, 0) is 10.3 Å². The summed E-state index contributed by atoms with van der Waals surface area (Å²) in [5, 5.41) is 3.73. The normalized spacial score (nSPS) is 23.5. The number of fused-ring (bicyclic) bond motifs is 1. The van der Waals surface area contributed by atoms with Gasteiger partial charge in [0.2, 0.25) is 0 Å². The predicted octanol–water partition coefficient (Wildman–Crippen LogP) is 7.13. The van der Waals surface area contributed by atoms with Crippen molar-refractivity contribution >= 4 is 5.69 Å². The van der Waals surface area contributed by atoms with Gasteiger partial charge in [-0.05, 0) is 48.3 Å². The van der Waals surface area contributed by atoms with Crippen molar-refractivity contribution in [2.45, 2.75) is 45.4 Å². The second-order valence-electron chi connectivity index (χ2n) is 9.49. The number of benzene rings is 3. The Morgan fingerprint density at radius 2 is 1.42 bits per heavy atom. The molecule has 0 spiro atoms. The first-order valence-electron chi connectivity index (χ1n) is 11.3. The van der Waals surface area contributed by atoms with Crippen LogP contribution in [0.4, 0.5) is 5.69 Å². The van der Waals surface area contributed by atoms with Crippen molar-refractivity contribution in [3.8, 4) is 0 Å². The first-order chi connectivity index (χ1) is 15.0. The monoisotopic (exact) mass is 409 g/mol. The van der Waals surface area contributed by atoms with Crippen LogP contribution in [0.25, 0.3) is 0 Å². The average molecular weight is 410 g/mol. The van der Waals surface area contributed by atoms with Gasteiger partial charge in [-0.3, -0.25) is 0 Å². The van der Waals surface area contributed by atoms with Crippen LogP contribution in [0.15, 0.2) is 96.6 Å². The minimum atomic E-state index is -0.639. The van der Waals surface area contributed by atoms with Gasteiger partial charge >= 0.3 is 0 Å². The molecule has 0 fully saturated rings. The van der Waals surface area contributed by atoms with Crippen molar-refractivity contribution < 1.29 is 4.74 Å². The molecule has 0 amide bonds. The van der Waals surface area contributed by atoms with Crippen molar-refractivity contribution in [1.82, 2.24) is 0 Å². The lowest BCUT2D eigenvalue weighted by Gasteiger charge is -2.45. The molecule has 158 valence electrons. The Morgan fingerprint density at radius 3 is 2.00 bits per heavy atom. The maximum atomic E-state index is 7.13. The van der Waals surface area contributed by atoms with Crippen molar-refractivity contribution in [3.63, 3.8) is 0 Å². The second kappa shape index (κ2) is 7.69. The Balaban J connectivity index is 1.63. The molecule has 2 atom stereocenters. The molecule has 0 radical (unpaired) electrons. The maximum Gasteiger partial charge on any atom is 0.148 e. The standard InChI is InChI=1S/C29H31NO/c1-21-18-19-24(28(21,2)3)20-27-30-26-17-11-10-16-25(26)29(31-27,22-12-6-4-7-13-22)23-14-8-5-9-15-23/h4-18,24,27,30H,19-20H2,1-3H3/t24-,27-/m1/s1. The highest BCUT2D eigenvalue weighted by Crippen LogP contribution is 2.50. The van der Waals surface area contributed by atoms with E-state index in [4.69, 9.17) is 4.74 Å². The van der Waals surface area contributed by atoms with Crippen LogP contribution >= 0.6 is 0 Å². The minimum Gasteiger partial charge on any atom is -0.360 e. The topological polar surface area (TPSA) is 21.3 Å². The molecule has 2 heteroatoms. The number of allylic oxidation sites excluding steroid dienone is 2.